The van der Waals surface area contributed by atoms with Crippen molar-refractivity contribution in [2.24, 2.45) is 11.8 Å². The molecule has 17 nitrogen and oxygen atoms in total. The molecule has 3 N–H and O–H groups in total. The molecule has 0 aliphatic carbocycles. The minimum absolute atomic E-state index is 0.104. The number of carbonyl (C=O) groups is 4. The average molecular weight is 1330 g/mol. The van der Waals surface area contributed by atoms with E-state index in [1.807, 2.05) is 0 Å². The molecule has 0 aromatic carbocycles. The Hall–Kier alpha value is -1.94. The fraction of sp³-hybridized carbons (Fsp3) is 0.944. The van der Waals surface area contributed by atoms with Crippen LogP contribution in [0, 0.1) is 11.8 Å². The minimum Gasteiger partial charge on any atom is -0.462 e. The lowest BCUT2D eigenvalue weighted by Crippen LogP contribution is -2.30. The van der Waals surface area contributed by atoms with Gasteiger partial charge in [0.05, 0.1) is 26.4 Å². The van der Waals surface area contributed by atoms with Gasteiger partial charge in [0.2, 0.25) is 0 Å². The van der Waals surface area contributed by atoms with Crippen molar-refractivity contribution in [3.63, 3.8) is 0 Å². The predicted octanol–water partition coefficient (Wildman–Crippen LogP) is 20.4. The number of aliphatic hydroxyl groups excluding tert-OH is 1. The molecule has 0 spiro atoms. The zero-order valence-electron chi connectivity index (χ0n) is 58.4. The van der Waals surface area contributed by atoms with E-state index in [0.717, 1.165) is 102 Å². The van der Waals surface area contributed by atoms with Crippen LogP contribution in [-0.4, -0.2) is 96.7 Å². The second-order valence-electron chi connectivity index (χ2n) is 26.6. The molecule has 534 valence electrons. The monoisotopic (exact) mass is 1320 g/mol. The molecule has 5 atom stereocenters. The fourth-order valence-electron chi connectivity index (χ4n) is 10.8. The number of phosphoric acid groups is 2. The largest absolute Gasteiger partial charge is 0.472 e. The van der Waals surface area contributed by atoms with Crippen LogP contribution in [-0.2, 0) is 65.4 Å². The maximum Gasteiger partial charge on any atom is 0.472 e. The summed E-state index contributed by atoms with van der Waals surface area (Å²) in [6.45, 7) is 9.44. The standard InChI is InChI=1S/C71H138O17P2/c1-7-9-11-13-15-17-19-21-23-25-27-29-34-41-47-53-68(73)81-59-66(87-70(75)55-49-43-35-30-28-26-24-22-20-18-16-14-12-10-8-2)61-85-89(77,78)83-57-65(72)58-84-90(79,80)86-62-67(60-82-69(74)54-48-42-38-37-40-46-52-64(5)6)88-71(76)56-50-44-36-32-31-33-39-45-51-63(3)4/h63-67,72H,7-62H2,1-6H3,(H,77,78)(H,79,80)/t65-,66-,67-/m1/s1. The van der Waals surface area contributed by atoms with Crippen molar-refractivity contribution in [3.05, 3.63) is 0 Å². The van der Waals surface area contributed by atoms with Crippen molar-refractivity contribution in [2.75, 3.05) is 39.6 Å². The van der Waals surface area contributed by atoms with Crippen LogP contribution < -0.4 is 0 Å². The molecule has 0 radical (unpaired) electrons. The van der Waals surface area contributed by atoms with Crippen molar-refractivity contribution in [1.82, 2.24) is 0 Å². The second kappa shape index (κ2) is 63.1. The molecule has 0 saturated heterocycles. The second-order valence-corrected chi connectivity index (χ2v) is 29.5. The Balaban J connectivity index is 5.23. The van der Waals surface area contributed by atoms with Crippen LogP contribution in [0.5, 0.6) is 0 Å². The summed E-state index contributed by atoms with van der Waals surface area (Å²) in [6.07, 6.45) is 48.7. The first-order chi connectivity index (χ1) is 43.4. The van der Waals surface area contributed by atoms with Crippen molar-refractivity contribution < 1.29 is 80.2 Å². The highest BCUT2D eigenvalue weighted by molar-refractivity contribution is 7.47. The summed E-state index contributed by atoms with van der Waals surface area (Å²) in [5.74, 6) is -0.727. The quantitative estimate of drug-likeness (QED) is 0.0222. The molecule has 0 saturated carbocycles. The van der Waals surface area contributed by atoms with Gasteiger partial charge < -0.3 is 33.8 Å². The third-order valence-corrected chi connectivity index (χ3v) is 18.4. The van der Waals surface area contributed by atoms with Crippen LogP contribution in [0.25, 0.3) is 0 Å². The average Bonchev–Trinajstić information content (AvgIpc) is 3.67. The molecular formula is C71H138O17P2. The minimum atomic E-state index is -4.95. The SMILES string of the molecule is CCCCCCCCCCCCCCCCCC(=O)OC[C@H](COP(=O)(O)OC[C@@H](O)COP(=O)(O)OC[C@@H](COC(=O)CCCCCCCCC(C)C)OC(=O)CCCCCCCCCCC(C)C)OC(=O)CCCCCCCCCCCCCCCCC. The van der Waals surface area contributed by atoms with E-state index in [-0.39, 0.29) is 25.7 Å². The first-order valence-electron chi connectivity index (χ1n) is 37.0. The summed E-state index contributed by atoms with van der Waals surface area (Å²) >= 11 is 0. The molecule has 2 unspecified atom stereocenters. The summed E-state index contributed by atoms with van der Waals surface area (Å²) < 4.78 is 68.3. The molecule has 0 fully saturated rings. The normalized spacial score (nSPS) is 14.1. The van der Waals surface area contributed by atoms with Crippen molar-refractivity contribution in [1.29, 1.82) is 0 Å². The van der Waals surface area contributed by atoms with Crippen LogP contribution in [0.1, 0.15) is 363 Å². The van der Waals surface area contributed by atoms with E-state index in [0.29, 0.717) is 31.6 Å². The number of rotatable bonds is 70. The summed E-state index contributed by atoms with van der Waals surface area (Å²) in [5, 5.41) is 10.6. The van der Waals surface area contributed by atoms with E-state index in [2.05, 4.69) is 41.5 Å². The van der Waals surface area contributed by atoms with Gasteiger partial charge in [-0.1, -0.05) is 311 Å². The summed E-state index contributed by atoms with van der Waals surface area (Å²) in [4.78, 5) is 72.5. The first-order valence-corrected chi connectivity index (χ1v) is 40.0. The summed E-state index contributed by atoms with van der Waals surface area (Å²) in [7, 11) is -9.90. The molecule has 0 aromatic heterocycles. The number of hydrogen-bond acceptors (Lipinski definition) is 15. The Morgan fingerprint density at radius 3 is 0.756 bits per heavy atom. The predicted molar refractivity (Wildman–Crippen MR) is 363 cm³/mol. The zero-order chi connectivity index (χ0) is 66.5. The Morgan fingerprint density at radius 1 is 0.300 bits per heavy atom. The molecule has 0 rings (SSSR count). The fourth-order valence-corrected chi connectivity index (χ4v) is 12.3. The van der Waals surface area contributed by atoms with E-state index in [1.165, 1.54) is 173 Å². The van der Waals surface area contributed by atoms with Crippen LogP contribution >= 0.6 is 15.6 Å². The maximum absolute atomic E-state index is 13.0. The molecule has 90 heavy (non-hydrogen) atoms. The van der Waals surface area contributed by atoms with Crippen LogP contribution in [0.2, 0.25) is 0 Å². The number of aliphatic hydroxyl groups is 1. The number of hydrogen-bond donors (Lipinski definition) is 3. The molecular weight excluding hydrogens is 1190 g/mol. The van der Waals surface area contributed by atoms with Crippen LogP contribution in [0.3, 0.4) is 0 Å². The first kappa shape index (κ1) is 88.1. The smallest absolute Gasteiger partial charge is 0.462 e. The van der Waals surface area contributed by atoms with Gasteiger partial charge in [-0.2, -0.15) is 0 Å². The topological polar surface area (TPSA) is 237 Å². The van der Waals surface area contributed by atoms with Gasteiger partial charge in [0, 0.05) is 25.7 Å². The van der Waals surface area contributed by atoms with Crippen molar-refractivity contribution >= 4 is 39.5 Å². The summed E-state index contributed by atoms with van der Waals surface area (Å²) in [6, 6.07) is 0. The van der Waals surface area contributed by atoms with Gasteiger partial charge in [0.25, 0.3) is 0 Å². The van der Waals surface area contributed by atoms with Crippen molar-refractivity contribution in [3.8, 4) is 0 Å². The number of carbonyl (C=O) groups excluding carboxylic acids is 4. The zero-order valence-corrected chi connectivity index (χ0v) is 60.2. The van der Waals surface area contributed by atoms with E-state index in [9.17, 15) is 43.2 Å². The number of esters is 4. The van der Waals surface area contributed by atoms with Gasteiger partial charge in [0.15, 0.2) is 12.2 Å². The Labute approximate surface area is 549 Å². The lowest BCUT2D eigenvalue weighted by molar-refractivity contribution is -0.161. The molecule has 0 heterocycles. The van der Waals surface area contributed by atoms with Crippen molar-refractivity contribution in [2.45, 2.75) is 381 Å². The van der Waals surface area contributed by atoms with Gasteiger partial charge >= 0.3 is 39.5 Å². The molecule has 0 amide bonds. The lowest BCUT2D eigenvalue weighted by atomic mass is 10.0. The van der Waals surface area contributed by atoms with E-state index >= 15 is 0 Å². The molecule has 0 aliphatic rings. The Bertz CT molecular complexity index is 1750. The molecule has 0 aliphatic heterocycles. The Morgan fingerprint density at radius 2 is 0.511 bits per heavy atom. The van der Waals surface area contributed by atoms with Gasteiger partial charge in [-0.15, -0.1) is 0 Å². The highest BCUT2D eigenvalue weighted by Gasteiger charge is 2.30. The van der Waals surface area contributed by atoms with Gasteiger partial charge in [-0.25, -0.2) is 9.13 Å². The molecule has 0 bridgehead atoms. The summed E-state index contributed by atoms with van der Waals surface area (Å²) in [5.41, 5.74) is 0. The number of ether oxygens (including phenoxy) is 4. The van der Waals surface area contributed by atoms with Gasteiger partial charge in [0.1, 0.15) is 19.3 Å². The maximum atomic E-state index is 13.0. The van der Waals surface area contributed by atoms with Crippen LogP contribution in [0.15, 0.2) is 0 Å². The molecule has 0 aromatic rings. The highest BCUT2D eigenvalue weighted by Crippen LogP contribution is 2.45. The highest BCUT2D eigenvalue weighted by atomic mass is 31.2. The van der Waals surface area contributed by atoms with E-state index < -0.39 is 97.5 Å². The van der Waals surface area contributed by atoms with E-state index in [1.54, 1.807) is 0 Å². The van der Waals surface area contributed by atoms with Gasteiger partial charge in [-0.3, -0.25) is 37.3 Å². The third kappa shape index (κ3) is 64.8. The van der Waals surface area contributed by atoms with Crippen LogP contribution in [0.4, 0.5) is 0 Å². The lowest BCUT2D eigenvalue weighted by Gasteiger charge is -2.21. The Kier molecular flexibility index (Phi) is 61.8. The van der Waals surface area contributed by atoms with E-state index in [4.69, 9.17) is 37.0 Å². The number of unbranched alkanes of at least 4 members (excludes halogenated alkanes) is 40. The molecule has 19 heteroatoms. The van der Waals surface area contributed by atoms with Gasteiger partial charge in [-0.05, 0) is 37.5 Å². The number of phosphoric ester groups is 2. The third-order valence-electron chi connectivity index (χ3n) is 16.5.